The molecule has 1 unspecified atom stereocenters. The highest BCUT2D eigenvalue weighted by Gasteiger charge is 2.45. The average Bonchev–Trinajstić information content (AvgIpc) is 3.81. The van der Waals surface area contributed by atoms with Gasteiger partial charge in [0.15, 0.2) is 6.04 Å². The van der Waals surface area contributed by atoms with Gasteiger partial charge in [-0.05, 0) is 79.3 Å². The Bertz CT molecular complexity index is 2080. The van der Waals surface area contributed by atoms with Gasteiger partial charge < -0.3 is 34.5 Å². The third-order valence-corrected chi connectivity index (χ3v) is 10.8. The van der Waals surface area contributed by atoms with Crippen molar-refractivity contribution in [2.24, 2.45) is 0 Å². The van der Waals surface area contributed by atoms with Crippen molar-refractivity contribution in [2.45, 2.75) is 82.6 Å². The minimum Gasteiger partial charge on any atom is -0.483 e. The molecule has 4 aromatic rings. The Morgan fingerprint density at radius 1 is 1.08 bits per heavy atom. The Balaban J connectivity index is 1.24. The Hall–Kier alpha value is -5.35. The summed E-state index contributed by atoms with van der Waals surface area (Å²) in [6.45, 7) is 14.1. The van der Waals surface area contributed by atoms with Crippen molar-refractivity contribution in [2.75, 3.05) is 19.8 Å². The van der Waals surface area contributed by atoms with Crippen LogP contribution in [0.4, 0.5) is 4.79 Å². The van der Waals surface area contributed by atoms with Crippen LogP contribution in [0.25, 0.3) is 28.1 Å². The van der Waals surface area contributed by atoms with E-state index in [2.05, 4.69) is 29.0 Å². The summed E-state index contributed by atoms with van der Waals surface area (Å²) in [5.41, 5.74) is 6.65. The third kappa shape index (κ3) is 6.61. The zero-order valence-corrected chi connectivity index (χ0v) is 30.9. The van der Waals surface area contributed by atoms with E-state index in [9.17, 15) is 19.5 Å². The standard InChI is InChI=1S/C43H47N3O7/c1-7-42(3,4)38-31(29-17-18-35-30(36(29)45-38)19-21-43(5,6)53-35)23-33(39(48)46-22-20-34(47)37(46)40(49)51-8-2)44-41(50)52-24-32-27-15-11-9-13-25(27)26-14-10-12-16-28(26)32/h7,9-19,21,32-34,37,45,47H,1,8,20,22-24H2,2-6H3,(H,44,50)/t33?,34-,37+/m1/s1. The Morgan fingerprint density at radius 3 is 2.42 bits per heavy atom. The van der Waals surface area contributed by atoms with Crippen LogP contribution < -0.4 is 10.1 Å². The van der Waals surface area contributed by atoms with Gasteiger partial charge in [0.2, 0.25) is 5.91 Å². The molecule has 10 nitrogen and oxygen atoms in total. The van der Waals surface area contributed by atoms with Crippen molar-refractivity contribution in [1.82, 2.24) is 15.2 Å². The summed E-state index contributed by atoms with van der Waals surface area (Å²) in [6, 6.07) is 17.7. The highest BCUT2D eigenvalue weighted by molar-refractivity contribution is 5.96. The molecule has 0 spiro atoms. The first-order valence-electron chi connectivity index (χ1n) is 18.3. The second-order valence-electron chi connectivity index (χ2n) is 15.2. The number of nitrogens with one attached hydrogen (secondary N) is 2. The number of allylic oxidation sites excluding steroid dienone is 1. The number of esters is 1. The van der Waals surface area contributed by atoms with E-state index in [1.54, 1.807) is 6.92 Å². The predicted octanol–water partition coefficient (Wildman–Crippen LogP) is 6.79. The summed E-state index contributed by atoms with van der Waals surface area (Å²) in [5.74, 6) is -0.654. The van der Waals surface area contributed by atoms with Crippen LogP contribution in [0.5, 0.6) is 5.75 Å². The van der Waals surface area contributed by atoms with Gasteiger partial charge in [0.1, 0.15) is 24.0 Å². The van der Waals surface area contributed by atoms with Crippen LogP contribution >= 0.6 is 0 Å². The van der Waals surface area contributed by atoms with E-state index in [0.717, 1.165) is 55.7 Å². The van der Waals surface area contributed by atoms with Gasteiger partial charge in [-0.15, -0.1) is 6.58 Å². The molecule has 0 saturated carbocycles. The first-order valence-corrected chi connectivity index (χ1v) is 18.3. The van der Waals surface area contributed by atoms with Crippen LogP contribution in [-0.4, -0.2) is 76.5 Å². The van der Waals surface area contributed by atoms with Crippen LogP contribution in [0, 0.1) is 0 Å². The van der Waals surface area contributed by atoms with Crippen molar-refractivity contribution in [1.29, 1.82) is 0 Å². The monoisotopic (exact) mass is 717 g/mol. The lowest BCUT2D eigenvalue weighted by atomic mass is 9.84. The number of hydrogen-bond acceptors (Lipinski definition) is 7. The first kappa shape index (κ1) is 36.0. The molecule has 7 rings (SSSR count). The number of H-pyrrole nitrogens is 1. The van der Waals surface area contributed by atoms with Crippen molar-refractivity contribution in [3.05, 3.63) is 107 Å². The van der Waals surface area contributed by atoms with Crippen LogP contribution in [0.2, 0.25) is 0 Å². The highest BCUT2D eigenvalue weighted by Crippen LogP contribution is 2.45. The SMILES string of the molecule is C=CC(C)(C)c1[nH]c2c3c(ccc2c1CC(NC(=O)OCC1c2ccccc2-c2ccccc21)C(=O)N1CC[C@@H](O)[C@H]1C(=O)OCC)OC(C)(C)C=C3. The lowest BCUT2D eigenvalue weighted by Gasteiger charge is -2.30. The fourth-order valence-electron chi connectivity index (χ4n) is 7.96. The van der Waals surface area contributed by atoms with Gasteiger partial charge in [-0.3, -0.25) is 4.79 Å². The number of carbonyl (C=O) groups is 3. The highest BCUT2D eigenvalue weighted by atomic mass is 16.5. The van der Waals surface area contributed by atoms with Crippen LogP contribution in [0.3, 0.4) is 0 Å². The molecule has 2 amide bonds. The minimum atomic E-state index is -1.20. The number of aliphatic hydroxyl groups excluding tert-OH is 1. The summed E-state index contributed by atoms with van der Waals surface area (Å²) < 4.78 is 17.5. The van der Waals surface area contributed by atoms with Crippen molar-refractivity contribution in [3.63, 3.8) is 0 Å². The second-order valence-corrected chi connectivity index (χ2v) is 15.2. The van der Waals surface area contributed by atoms with Crippen LogP contribution in [-0.2, 0) is 30.9 Å². The molecular formula is C43H47N3O7. The molecule has 1 aromatic heterocycles. The van der Waals surface area contributed by atoms with E-state index in [4.69, 9.17) is 14.2 Å². The molecule has 3 aliphatic rings. The topological polar surface area (TPSA) is 130 Å². The Morgan fingerprint density at radius 2 is 1.75 bits per heavy atom. The molecular weight excluding hydrogens is 670 g/mol. The summed E-state index contributed by atoms with van der Waals surface area (Å²) >= 11 is 0. The van der Waals surface area contributed by atoms with Gasteiger partial charge in [-0.1, -0.05) is 68.5 Å². The molecule has 0 radical (unpaired) electrons. The largest absolute Gasteiger partial charge is 0.483 e. The Kier molecular flexibility index (Phi) is 9.44. The number of fused-ring (bicyclic) bond motifs is 6. The van der Waals surface area contributed by atoms with Gasteiger partial charge >= 0.3 is 12.1 Å². The third-order valence-electron chi connectivity index (χ3n) is 10.8. The minimum absolute atomic E-state index is 0.0608. The zero-order valence-electron chi connectivity index (χ0n) is 30.9. The van der Waals surface area contributed by atoms with Crippen LogP contribution in [0.1, 0.15) is 74.9 Å². The summed E-state index contributed by atoms with van der Waals surface area (Å²) in [5, 5.41) is 14.6. The second kappa shape index (κ2) is 13.9. The number of rotatable bonds is 10. The van der Waals surface area contributed by atoms with E-state index in [-0.39, 0.29) is 38.5 Å². The van der Waals surface area contributed by atoms with E-state index < -0.39 is 47.2 Å². The molecule has 276 valence electrons. The maximum absolute atomic E-state index is 14.6. The fraction of sp³-hybridized carbons (Fsp3) is 0.372. The van der Waals surface area contributed by atoms with E-state index in [1.807, 2.05) is 94.5 Å². The number of alkyl carbamates (subject to hydrolysis) is 1. The maximum atomic E-state index is 14.6. The van der Waals surface area contributed by atoms with Crippen molar-refractivity contribution in [3.8, 4) is 16.9 Å². The number of ether oxygens (including phenoxy) is 3. The number of carbonyl (C=O) groups excluding carboxylic acids is 3. The molecule has 10 heteroatoms. The van der Waals surface area contributed by atoms with Gasteiger partial charge in [-0.25, -0.2) is 9.59 Å². The average molecular weight is 718 g/mol. The number of aromatic nitrogens is 1. The smallest absolute Gasteiger partial charge is 0.407 e. The number of nitrogens with zero attached hydrogens (tertiary/aromatic N) is 1. The zero-order chi connectivity index (χ0) is 37.7. The van der Waals surface area contributed by atoms with Gasteiger partial charge in [-0.2, -0.15) is 0 Å². The number of benzene rings is 3. The first-order chi connectivity index (χ1) is 25.3. The van der Waals surface area contributed by atoms with Crippen molar-refractivity contribution < 1.29 is 33.7 Å². The maximum Gasteiger partial charge on any atom is 0.407 e. The fourth-order valence-corrected chi connectivity index (χ4v) is 7.96. The quantitative estimate of drug-likeness (QED) is 0.122. The van der Waals surface area contributed by atoms with E-state index >= 15 is 0 Å². The van der Waals surface area contributed by atoms with Gasteiger partial charge in [0.05, 0.1) is 18.2 Å². The van der Waals surface area contributed by atoms with E-state index in [1.165, 1.54) is 4.90 Å². The van der Waals surface area contributed by atoms with Gasteiger partial charge in [0.25, 0.3) is 0 Å². The number of aliphatic hydroxyl groups is 1. The molecule has 1 aliphatic carbocycles. The predicted molar refractivity (Wildman–Crippen MR) is 204 cm³/mol. The molecule has 3 heterocycles. The lowest BCUT2D eigenvalue weighted by Crippen LogP contribution is -2.54. The summed E-state index contributed by atoms with van der Waals surface area (Å²) in [6.07, 6.45) is 4.28. The molecule has 0 bridgehead atoms. The molecule has 1 fully saturated rings. The van der Waals surface area contributed by atoms with E-state index in [0.29, 0.717) is 0 Å². The molecule has 3 aromatic carbocycles. The molecule has 1 saturated heterocycles. The van der Waals surface area contributed by atoms with Gasteiger partial charge in [0, 0.05) is 40.9 Å². The summed E-state index contributed by atoms with van der Waals surface area (Å²) in [4.78, 5) is 46.4. The Labute approximate surface area is 309 Å². The molecule has 3 N–H and O–H groups in total. The number of likely N-dealkylation sites (tertiary alicyclic amines) is 1. The molecule has 3 atom stereocenters. The molecule has 2 aliphatic heterocycles. The van der Waals surface area contributed by atoms with Crippen molar-refractivity contribution >= 4 is 34.9 Å². The number of amides is 2. The van der Waals surface area contributed by atoms with Crippen LogP contribution in [0.15, 0.2) is 79.4 Å². The lowest BCUT2D eigenvalue weighted by molar-refractivity contribution is -0.156. The normalized spacial score (nSPS) is 19.2. The summed E-state index contributed by atoms with van der Waals surface area (Å²) in [7, 11) is 0. The molecule has 53 heavy (non-hydrogen) atoms. The number of hydrogen-bond donors (Lipinski definition) is 3. The number of aromatic amines is 1.